The molecular formula is C16H15F2NO3. The van der Waals surface area contributed by atoms with Gasteiger partial charge in [-0.25, -0.2) is 0 Å². The van der Waals surface area contributed by atoms with E-state index >= 15 is 0 Å². The molecule has 2 aromatic carbocycles. The van der Waals surface area contributed by atoms with Crippen LogP contribution in [0.25, 0.3) is 0 Å². The average Bonchev–Trinajstić information content (AvgIpc) is 2.53. The number of carbonyl (C=O) groups excluding carboxylic acids is 1. The van der Waals surface area contributed by atoms with E-state index in [0.29, 0.717) is 16.9 Å². The van der Waals surface area contributed by atoms with Gasteiger partial charge < -0.3 is 14.8 Å². The van der Waals surface area contributed by atoms with Crippen LogP contribution < -0.4 is 14.8 Å². The number of hydrogen-bond donors (Lipinski definition) is 1. The van der Waals surface area contributed by atoms with Crippen LogP contribution in [-0.2, 0) is 6.54 Å². The van der Waals surface area contributed by atoms with Crippen molar-refractivity contribution in [2.24, 2.45) is 0 Å². The molecule has 0 bridgehead atoms. The van der Waals surface area contributed by atoms with Crippen LogP contribution in [0.15, 0.2) is 48.5 Å². The van der Waals surface area contributed by atoms with Gasteiger partial charge >= 0.3 is 6.61 Å². The third-order valence-corrected chi connectivity index (χ3v) is 2.98. The van der Waals surface area contributed by atoms with Gasteiger partial charge in [-0.15, -0.1) is 0 Å². The third-order valence-electron chi connectivity index (χ3n) is 2.98. The highest BCUT2D eigenvalue weighted by Crippen LogP contribution is 2.21. The second-order valence-electron chi connectivity index (χ2n) is 4.37. The number of alkyl halides is 2. The Balaban J connectivity index is 2.08. The fourth-order valence-electron chi connectivity index (χ4n) is 1.96. The lowest BCUT2D eigenvalue weighted by Gasteiger charge is -2.12. The van der Waals surface area contributed by atoms with E-state index in [0.717, 1.165) is 0 Å². The van der Waals surface area contributed by atoms with E-state index in [1.54, 1.807) is 42.5 Å². The van der Waals surface area contributed by atoms with Gasteiger partial charge in [0.25, 0.3) is 5.91 Å². The molecule has 1 N–H and O–H groups in total. The highest BCUT2D eigenvalue weighted by molar-refractivity contribution is 5.96. The summed E-state index contributed by atoms with van der Waals surface area (Å²) in [4.78, 5) is 12.2. The molecule has 4 nitrogen and oxygen atoms in total. The van der Waals surface area contributed by atoms with E-state index < -0.39 is 6.61 Å². The van der Waals surface area contributed by atoms with E-state index in [1.807, 2.05) is 0 Å². The smallest absolute Gasteiger partial charge is 0.387 e. The van der Waals surface area contributed by atoms with Crippen molar-refractivity contribution in [2.45, 2.75) is 13.2 Å². The van der Waals surface area contributed by atoms with Gasteiger partial charge in [0.2, 0.25) is 0 Å². The number of nitrogens with one attached hydrogen (secondary N) is 1. The molecule has 0 aliphatic carbocycles. The Morgan fingerprint density at radius 3 is 2.41 bits per heavy atom. The predicted octanol–water partition coefficient (Wildman–Crippen LogP) is 3.23. The normalized spacial score (nSPS) is 10.4. The fourth-order valence-corrected chi connectivity index (χ4v) is 1.96. The van der Waals surface area contributed by atoms with E-state index in [1.165, 1.54) is 13.2 Å². The lowest BCUT2D eigenvalue weighted by molar-refractivity contribution is -0.0504. The van der Waals surface area contributed by atoms with E-state index in [-0.39, 0.29) is 18.2 Å². The monoisotopic (exact) mass is 307 g/mol. The zero-order valence-electron chi connectivity index (χ0n) is 11.9. The molecule has 0 aliphatic rings. The lowest BCUT2D eigenvalue weighted by atomic mass is 10.1. The van der Waals surface area contributed by atoms with Crippen molar-refractivity contribution in [3.8, 4) is 11.5 Å². The zero-order valence-corrected chi connectivity index (χ0v) is 11.9. The largest absolute Gasteiger partial charge is 0.496 e. The summed E-state index contributed by atoms with van der Waals surface area (Å²) in [7, 11) is 1.47. The quantitative estimate of drug-likeness (QED) is 0.891. The second-order valence-corrected chi connectivity index (χ2v) is 4.37. The topological polar surface area (TPSA) is 47.6 Å². The maximum atomic E-state index is 12.3. The van der Waals surface area contributed by atoms with Crippen molar-refractivity contribution in [3.05, 3.63) is 59.7 Å². The maximum absolute atomic E-state index is 12.3. The number of benzene rings is 2. The molecule has 2 rings (SSSR count). The minimum Gasteiger partial charge on any atom is -0.496 e. The highest BCUT2D eigenvalue weighted by Gasteiger charge is 2.13. The molecule has 22 heavy (non-hydrogen) atoms. The first-order valence-corrected chi connectivity index (χ1v) is 6.55. The van der Waals surface area contributed by atoms with Crippen LogP contribution in [-0.4, -0.2) is 19.6 Å². The first-order valence-electron chi connectivity index (χ1n) is 6.55. The number of methoxy groups -OCH3 is 1. The van der Waals surface area contributed by atoms with Gasteiger partial charge in [-0.2, -0.15) is 8.78 Å². The van der Waals surface area contributed by atoms with Gasteiger partial charge in [0.15, 0.2) is 0 Å². The molecule has 0 unspecified atom stereocenters. The highest BCUT2D eigenvalue weighted by atomic mass is 19.3. The average molecular weight is 307 g/mol. The molecule has 0 saturated carbocycles. The minimum absolute atomic E-state index is 0.0397. The van der Waals surface area contributed by atoms with E-state index in [9.17, 15) is 13.6 Å². The van der Waals surface area contributed by atoms with Gasteiger partial charge in [0, 0.05) is 12.1 Å². The molecule has 0 fully saturated rings. The first kappa shape index (κ1) is 15.8. The number of ether oxygens (including phenoxy) is 2. The van der Waals surface area contributed by atoms with Crippen LogP contribution in [0, 0.1) is 0 Å². The molecule has 0 atom stereocenters. The Hall–Kier alpha value is -2.63. The Morgan fingerprint density at radius 1 is 1.09 bits per heavy atom. The van der Waals surface area contributed by atoms with Crippen molar-refractivity contribution in [1.29, 1.82) is 0 Å². The SMILES string of the molecule is COc1ccccc1C(=O)NCc1ccccc1OC(F)F. The summed E-state index contributed by atoms with van der Waals surface area (Å²) in [6.07, 6.45) is 0. The fraction of sp³-hybridized carbons (Fsp3) is 0.188. The number of carbonyl (C=O) groups is 1. The standard InChI is InChI=1S/C16H15F2NO3/c1-21-14-9-5-3-7-12(14)15(20)19-10-11-6-2-4-8-13(11)22-16(17)18/h2-9,16H,10H2,1H3,(H,19,20). The molecule has 0 heterocycles. The molecule has 0 aliphatic heterocycles. The van der Waals surface area contributed by atoms with Crippen LogP contribution >= 0.6 is 0 Å². The lowest BCUT2D eigenvalue weighted by Crippen LogP contribution is -2.23. The summed E-state index contributed by atoms with van der Waals surface area (Å²) in [6.45, 7) is -2.84. The van der Waals surface area contributed by atoms with Crippen LogP contribution in [0.2, 0.25) is 0 Å². The first-order chi connectivity index (χ1) is 10.6. The molecule has 0 spiro atoms. The number of hydrogen-bond acceptors (Lipinski definition) is 3. The maximum Gasteiger partial charge on any atom is 0.387 e. The number of para-hydroxylation sites is 2. The Bertz CT molecular complexity index is 647. The molecule has 1 amide bonds. The van der Waals surface area contributed by atoms with Gasteiger partial charge in [-0.1, -0.05) is 30.3 Å². The van der Waals surface area contributed by atoms with Gasteiger partial charge in [-0.3, -0.25) is 4.79 Å². The summed E-state index contributed by atoms with van der Waals surface area (Å²) >= 11 is 0. The number of rotatable bonds is 6. The Morgan fingerprint density at radius 2 is 1.73 bits per heavy atom. The summed E-state index contributed by atoms with van der Waals surface area (Å²) in [6, 6.07) is 13.1. The molecule has 6 heteroatoms. The van der Waals surface area contributed by atoms with Crippen molar-refractivity contribution in [2.75, 3.05) is 7.11 Å². The van der Waals surface area contributed by atoms with Gasteiger partial charge in [0.05, 0.1) is 12.7 Å². The summed E-state index contributed by atoms with van der Waals surface area (Å²) < 4.78 is 34.2. The minimum atomic E-state index is -2.91. The molecule has 0 aromatic heterocycles. The van der Waals surface area contributed by atoms with Crippen molar-refractivity contribution in [3.63, 3.8) is 0 Å². The van der Waals surface area contributed by atoms with E-state index in [4.69, 9.17) is 4.74 Å². The van der Waals surface area contributed by atoms with Crippen molar-refractivity contribution >= 4 is 5.91 Å². The Labute approximate surface area is 126 Å². The third kappa shape index (κ3) is 3.94. The zero-order chi connectivity index (χ0) is 15.9. The van der Waals surface area contributed by atoms with Crippen LogP contribution in [0.4, 0.5) is 8.78 Å². The van der Waals surface area contributed by atoms with E-state index in [2.05, 4.69) is 10.1 Å². The van der Waals surface area contributed by atoms with Crippen molar-refractivity contribution < 1.29 is 23.0 Å². The van der Waals surface area contributed by atoms with Crippen LogP contribution in [0.5, 0.6) is 11.5 Å². The molecule has 116 valence electrons. The summed E-state index contributed by atoms with van der Waals surface area (Å²) in [5.41, 5.74) is 0.836. The number of amides is 1. The molecular weight excluding hydrogens is 292 g/mol. The van der Waals surface area contributed by atoms with Gasteiger partial charge in [0.1, 0.15) is 11.5 Å². The van der Waals surface area contributed by atoms with Crippen LogP contribution in [0.1, 0.15) is 15.9 Å². The molecule has 0 radical (unpaired) electrons. The van der Waals surface area contributed by atoms with Gasteiger partial charge in [-0.05, 0) is 18.2 Å². The van der Waals surface area contributed by atoms with Crippen molar-refractivity contribution in [1.82, 2.24) is 5.32 Å². The predicted molar refractivity (Wildman–Crippen MR) is 77.2 cm³/mol. The second kappa shape index (κ2) is 7.40. The molecule has 2 aromatic rings. The van der Waals surface area contributed by atoms with Crippen LogP contribution in [0.3, 0.4) is 0 Å². The number of halogens is 2. The summed E-state index contributed by atoms with van der Waals surface area (Å²) in [5, 5.41) is 2.66. The Kier molecular flexibility index (Phi) is 5.30. The molecule has 0 saturated heterocycles. The summed E-state index contributed by atoms with van der Waals surface area (Å²) in [5.74, 6) is 0.124.